The van der Waals surface area contributed by atoms with E-state index in [1.165, 1.54) is 0 Å². The van der Waals surface area contributed by atoms with Gasteiger partial charge in [0.2, 0.25) is 0 Å². The highest BCUT2D eigenvalue weighted by Gasteiger charge is 2.24. The highest BCUT2D eigenvalue weighted by atomic mass is 35.5. The number of carbonyl (C=O) groups is 2. The van der Waals surface area contributed by atoms with Crippen LogP contribution in [0.5, 0.6) is 5.75 Å². The fourth-order valence-electron chi connectivity index (χ4n) is 3.18. The zero-order valence-corrected chi connectivity index (χ0v) is 16.9. The van der Waals surface area contributed by atoms with Crippen LogP contribution in [0.1, 0.15) is 11.6 Å². The molecule has 1 atom stereocenters. The van der Waals surface area contributed by atoms with Crippen molar-refractivity contribution in [3.05, 3.63) is 59.1 Å². The maximum Gasteiger partial charge on any atom is 0.313 e. The maximum atomic E-state index is 12.3. The second-order valence-corrected chi connectivity index (χ2v) is 6.99. The van der Waals surface area contributed by atoms with Gasteiger partial charge in [0.15, 0.2) is 0 Å². The lowest BCUT2D eigenvalue weighted by Gasteiger charge is -2.34. The third-order valence-electron chi connectivity index (χ3n) is 4.77. The van der Waals surface area contributed by atoms with E-state index in [4.69, 9.17) is 21.1 Å². The molecular formula is C21H24ClN3O4. The van der Waals surface area contributed by atoms with Gasteiger partial charge in [0.1, 0.15) is 5.75 Å². The van der Waals surface area contributed by atoms with Crippen molar-refractivity contribution >= 4 is 29.1 Å². The summed E-state index contributed by atoms with van der Waals surface area (Å²) in [5, 5.41) is 5.65. The second kappa shape index (κ2) is 10.2. The number of ether oxygens (including phenoxy) is 2. The van der Waals surface area contributed by atoms with Crippen molar-refractivity contribution in [2.75, 3.05) is 45.3 Å². The average molecular weight is 418 g/mol. The monoisotopic (exact) mass is 417 g/mol. The molecule has 0 radical (unpaired) electrons. The molecule has 7 nitrogen and oxygen atoms in total. The molecule has 1 aliphatic rings. The first-order valence-electron chi connectivity index (χ1n) is 9.38. The first kappa shape index (κ1) is 21.1. The number of benzene rings is 2. The summed E-state index contributed by atoms with van der Waals surface area (Å²) < 4.78 is 10.7. The van der Waals surface area contributed by atoms with Gasteiger partial charge in [0.05, 0.1) is 37.1 Å². The Hall–Kier alpha value is -2.61. The van der Waals surface area contributed by atoms with Crippen LogP contribution in [0, 0.1) is 0 Å². The second-order valence-electron chi connectivity index (χ2n) is 6.58. The number of hydrogen-bond donors (Lipinski definition) is 2. The number of nitrogens with one attached hydrogen (secondary N) is 2. The third kappa shape index (κ3) is 5.69. The summed E-state index contributed by atoms with van der Waals surface area (Å²) in [6.45, 7) is 3.05. The largest absolute Gasteiger partial charge is 0.497 e. The Bertz CT molecular complexity index is 838. The lowest BCUT2D eigenvalue weighted by atomic mass is 10.0. The minimum atomic E-state index is -0.756. The fraction of sp³-hybridized carbons (Fsp3) is 0.333. The third-order valence-corrected chi connectivity index (χ3v) is 5.10. The maximum absolute atomic E-state index is 12.3. The van der Waals surface area contributed by atoms with Gasteiger partial charge < -0.3 is 20.1 Å². The van der Waals surface area contributed by atoms with E-state index in [0.717, 1.165) is 24.4 Å². The van der Waals surface area contributed by atoms with Crippen LogP contribution in [0.25, 0.3) is 0 Å². The van der Waals surface area contributed by atoms with E-state index in [0.29, 0.717) is 30.5 Å². The van der Waals surface area contributed by atoms with Crippen LogP contribution in [0.15, 0.2) is 48.5 Å². The molecule has 1 saturated heterocycles. The number of rotatable bonds is 6. The fourth-order valence-corrected chi connectivity index (χ4v) is 3.37. The summed E-state index contributed by atoms with van der Waals surface area (Å²) in [7, 11) is 1.62. The Morgan fingerprint density at radius 3 is 2.45 bits per heavy atom. The predicted molar refractivity (Wildman–Crippen MR) is 111 cm³/mol. The van der Waals surface area contributed by atoms with Crippen LogP contribution in [-0.2, 0) is 14.3 Å². The van der Waals surface area contributed by atoms with Gasteiger partial charge in [-0.15, -0.1) is 0 Å². The molecule has 0 bridgehead atoms. The van der Waals surface area contributed by atoms with E-state index in [9.17, 15) is 9.59 Å². The zero-order valence-electron chi connectivity index (χ0n) is 16.2. The molecule has 0 saturated carbocycles. The number of nitrogens with zero attached hydrogens (tertiary/aromatic N) is 1. The molecule has 2 aromatic carbocycles. The van der Waals surface area contributed by atoms with Gasteiger partial charge in [-0.25, -0.2) is 0 Å². The van der Waals surface area contributed by atoms with E-state index in [2.05, 4.69) is 15.5 Å². The van der Waals surface area contributed by atoms with Crippen molar-refractivity contribution in [2.45, 2.75) is 6.04 Å². The van der Waals surface area contributed by atoms with Gasteiger partial charge in [0, 0.05) is 19.6 Å². The van der Waals surface area contributed by atoms with E-state index >= 15 is 0 Å². The van der Waals surface area contributed by atoms with E-state index < -0.39 is 11.8 Å². The van der Waals surface area contributed by atoms with E-state index in [1.54, 1.807) is 31.4 Å². The van der Waals surface area contributed by atoms with Gasteiger partial charge in [-0.1, -0.05) is 35.9 Å². The van der Waals surface area contributed by atoms with Gasteiger partial charge in [-0.3, -0.25) is 14.5 Å². The van der Waals surface area contributed by atoms with Crippen LogP contribution < -0.4 is 15.4 Å². The molecule has 2 aromatic rings. The lowest BCUT2D eigenvalue weighted by molar-refractivity contribution is -0.136. The number of anilines is 1. The van der Waals surface area contributed by atoms with Crippen molar-refractivity contribution in [3.63, 3.8) is 0 Å². The molecule has 0 unspecified atom stereocenters. The molecule has 0 aromatic heterocycles. The molecule has 154 valence electrons. The van der Waals surface area contributed by atoms with Crippen molar-refractivity contribution < 1.29 is 19.1 Å². The highest BCUT2D eigenvalue weighted by molar-refractivity contribution is 6.41. The summed E-state index contributed by atoms with van der Waals surface area (Å²) in [5.74, 6) is -0.706. The zero-order chi connectivity index (χ0) is 20.6. The summed E-state index contributed by atoms with van der Waals surface area (Å²) >= 11 is 6.03. The predicted octanol–water partition coefficient (Wildman–Crippen LogP) is 2.48. The summed E-state index contributed by atoms with van der Waals surface area (Å²) in [5.41, 5.74) is 1.42. The molecule has 2 N–H and O–H groups in total. The Balaban J connectivity index is 1.66. The Morgan fingerprint density at radius 1 is 1.10 bits per heavy atom. The number of para-hydroxylation sites is 1. The molecule has 3 rings (SSSR count). The topological polar surface area (TPSA) is 79.9 Å². The smallest absolute Gasteiger partial charge is 0.313 e. The Morgan fingerprint density at radius 2 is 1.79 bits per heavy atom. The van der Waals surface area contributed by atoms with E-state index in [-0.39, 0.29) is 6.04 Å². The standard InChI is InChI=1S/C21H24ClN3O4/c1-28-16-8-6-15(7-9-16)19(25-10-12-29-13-11-25)14-23-20(26)21(27)24-18-5-3-2-4-17(18)22/h2-9,19H,10-14H2,1H3,(H,23,26)(H,24,27)/t19-/m1/s1. The van der Waals surface area contributed by atoms with Gasteiger partial charge in [-0.2, -0.15) is 0 Å². The summed E-state index contributed by atoms with van der Waals surface area (Å²) in [6, 6.07) is 14.4. The van der Waals surface area contributed by atoms with Crippen LogP contribution in [0.4, 0.5) is 5.69 Å². The molecule has 0 spiro atoms. The number of hydrogen-bond acceptors (Lipinski definition) is 5. The number of halogens is 1. The van der Waals surface area contributed by atoms with Crippen molar-refractivity contribution in [2.24, 2.45) is 0 Å². The first-order chi connectivity index (χ1) is 14.1. The Labute approximate surface area is 174 Å². The van der Waals surface area contributed by atoms with E-state index in [1.807, 2.05) is 24.3 Å². The molecule has 1 heterocycles. The van der Waals surface area contributed by atoms with Gasteiger partial charge in [0.25, 0.3) is 0 Å². The van der Waals surface area contributed by atoms with Crippen LogP contribution in [0.3, 0.4) is 0 Å². The lowest BCUT2D eigenvalue weighted by Crippen LogP contribution is -2.45. The number of morpholine rings is 1. The molecule has 2 amide bonds. The van der Waals surface area contributed by atoms with Gasteiger partial charge in [-0.05, 0) is 29.8 Å². The SMILES string of the molecule is COc1ccc([C@@H](CNC(=O)C(=O)Nc2ccccc2Cl)N2CCOCC2)cc1. The minimum absolute atomic E-state index is 0.0816. The highest BCUT2D eigenvalue weighted by Crippen LogP contribution is 2.24. The number of methoxy groups -OCH3 is 1. The normalized spacial score (nSPS) is 15.4. The molecular weight excluding hydrogens is 394 g/mol. The average Bonchev–Trinajstić information content (AvgIpc) is 2.76. The van der Waals surface area contributed by atoms with Crippen LogP contribution >= 0.6 is 11.6 Å². The summed E-state index contributed by atoms with van der Waals surface area (Å²) in [4.78, 5) is 26.8. The van der Waals surface area contributed by atoms with Crippen molar-refractivity contribution in [1.29, 1.82) is 0 Å². The van der Waals surface area contributed by atoms with Crippen molar-refractivity contribution in [3.8, 4) is 5.75 Å². The number of amides is 2. The molecule has 29 heavy (non-hydrogen) atoms. The van der Waals surface area contributed by atoms with Gasteiger partial charge >= 0.3 is 11.8 Å². The first-order valence-corrected chi connectivity index (χ1v) is 9.75. The molecule has 8 heteroatoms. The molecule has 1 aliphatic heterocycles. The summed E-state index contributed by atoms with van der Waals surface area (Å²) in [6.07, 6.45) is 0. The molecule has 1 fully saturated rings. The minimum Gasteiger partial charge on any atom is -0.497 e. The molecule has 0 aliphatic carbocycles. The van der Waals surface area contributed by atoms with Crippen LogP contribution in [0.2, 0.25) is 5.02 Å². The number of carbonyl (C=O) groups excluding carboxylic acids is 2. The van der Waals surface area contributed by atoms with Crippen LogP contribution in [-0.4, -0.2) is 56.7 Å². The Kier molecular flexibility index (Phi) is 7.46. The van der Waals surface area contributed by atoms with Crippen molar-refractivity contribution in [1.82, 2.24) is 10.2 Å². The quantitative estimate of drug-likeness (QED) is 0.706.